The van der Waals surface area contributed by atoms with Gasteiger partial charge in [-0.25, -0.2) is 0 Å². The third-order valence-corrected chi connectivity index (χ3v) is 3.20. The average molecular weight is 237 g/mol. The number of hydrogen-bond donors (Lipinski definition) is 1. The lowest BCUT2D eigenvalue weighted by atomic mass is 10.2. The van der Waals surface area contributed by atoms with E-state index in [0.717, 1.165) is 19.5 Å². The van der Waals surface area contributed by atoms with Crippen LogP contribution >= 0.6 is 0 Å². The molecule has 1 aliphatic rings. The van der Waals surface area contributed by atoms with Crippen LogP contribution in [-0.2, 0) is 11.3 Å². The van der Waals surface area contributed by atoms with Gasteiger partial charge in [-0.1, -0.05) is 0 Å². The minimum absolute atomic E-state index is 0.109. The molecule has 17 heavy (non-hydrogen) atoms. The van der Waals surface area contributed by atoms with Crippen LogP contribution in [0.1, 0.15) is 6.42 Å². The highest BCUT2D eigenvalue weighted by Gasteiger charge is 2.27. The van der Waals surface area contributed by atoms with Crippen molar-refractivity contribution in [1.82, 2.24) is 19.6 Å². The fourth-order valence-corrected chi connectivity index (χ4v) is 2.09. The zero-order valence-electron chi connectivity index (χ0n) is 10.3. The van der Waals surface area contributed by atoms with E-state index in [1.165, 1.54) is 0 Å². The molecule has 0 aliphatic carbocycles. The summed E-state index contributed by atoms with van der Waals surface area (Å²) in [5.74, 6) is 0.109. The molecule has 1 aliphatic heterocycles. The topological polar surface area (TPSA) is 67.4 Å². The van der Waals surface area contributed by atoms with E-state index >= 15 is 0 Å². The Morgan fingerprint density at radius 1 is 1.65 bits per heavy atom. The summed E-state index contributed by atoms with van der Waals surface area (Å²) in [5.41, 5.74) is 6.14. The van der Waals surface area contributed by atoms with Crippen LogP contribution in [0.15, 0.2) is 12.4 Å². The van der Waals surface area contributed by atoms with Crippen LogP contribution in [0.5, 0.6) is 0 Å². The Labute approximate surface area is 101 Å². The molecule has 6 heteroatoms. The predicted octanol–water partition coefficient (Wildman–Crippen LogP) is -0.372. The molecular formula is C11H19N5O. The van der Waals surface area contributed by atoms with Crippen molar-refractivity contribution in [3.63, 3.8) is 0 Å². The number of anilines is 1. The summed E-state index contributed by atoms with van der Waals surface area (Å²) in [7, 11) is 4.10. The quantitative estimate of drug-likeness (QED) is 0.778. The molecule has 2 heterocycles. The summed E-state index contributed by atoms with van der Waals surface area (Å²) >= 11 is 0. The first kappa shape index (κ1) is 11.9. The summed E-state index contributed by atoms with van der Waals surface area (Å²) < 4.78 is 1.58. The van der Waals surface area contributed by atoms with E-state index in [9.17, 15) is 4.79 Å². The molecule has 1 aromatic heterocycles. The van der Waals surface area contributed by atoms with Crippen LogP contribution in [0.25, 0.3) is 0 Å². The first-order chi connectivity index (χ1) is 8.06. The van der Waals surface area contributed by atoms with Crippen LogP contribution in [0, 0.1) is 0 Å². The molecule has 94 valence electrons. The molecule has 1 atom stereocenters. The van der Waals surface area contributed by atoms with Crippen molar-refractivity contribution in [3.8, 4) is 0 Å². The van der Waals surface area contributed by atoms with Crippen molar-refractivity contribution in [2.24, 2.45) is 0 Å². The summed E-state index contributed by atoms with van der Waals surface area (Å²) in [6, 6.07) is 0.474. The fraction of sp³-hybridized carbons (Fsp3) is 0.636. The van der Waals surface area contributed by atoms with Gasteiger partial charge >= 0.3 is 0 Å². The lowest BCUT2D eigenvalue weighted by Gasteiger charge is -2.20. The van der Waals surface area contributed by atoms with Crippen molar-refractivity contribution < 1.29 is 4.79 Å². The Kier molecular flexibility index (Phi) is 3.33. The van der Waals surface area contributed by atoms with Gasteiger partial charge in [-0.15, -0.1) is 0 Å². The molecule has 0 spiro atoms. The van der Waals surface area contributed by atoms with E-state index in [4.69, 9.17) is 5.73 Å². The largest absolute Gasteiger partial charge is 0.396 e. The molecule has 0 saturated carbocycles. The smallest absolute Gasteiger partial charge is 0.244 e. The van der Waals surface area contributed by atoms with Crippen LogP contribution in [0.3, 0.4) is 0 Å². The Morgan fingerprint density at radius 2 is 2.41 bits per heavy atom. The minimum Gasteiger partial charge on any atom is -0.396 e. The van der Waals surface area contributed by atoms with Gasteiger partial charge in [0.15, 0.2) is 0 Å². The highest BCUT2D eigenvalue weighted by atomic mass is 16.2. The van der Waals surface area contributed by atoms with Gasteiger partial charge in [0, 0.05) is 25.3 Å². The van der Waals surface area contributed by atoms with Crippen molar-refractivity contribution in [3.05, 3.63) is 12.4 Å². The number of amides is 1. The minimum atomic E-state index is 0.109. The summed E-state index contributed by atoms with van der Waals surface area (Å²) in [5, 5.41) is 4.02. The first-order valence-electron chi connectivity index (χ1n) is 5.78. The number of hydrogen-bond acceptors (Lipinski definition) is 4. The SMILES string of the molecule is CN(C)C1CCN(C(=O)Cn2cc(N)cn2)C1. The molecule has 1 unspecified atom stereocenters. The fourth-order valence-electron chi connectivity index (χ4n) is 2.09. The number of rotatable bonds is 3. The molecule has 0 aromatic carbocycles. The summed E-state index contributed by atoms with van der Waals surface area (Å²) in [6.07, 6.45) is 4.28. The Bertz CT molecular complexity index is 400. The molecular weight excluding hydrogens is 218 g/mol. The zero-order chi connectivity index (χ0) is 12.4. The summed E-state index contributed by atoms with van der Waals surface area (Å²) in [4.78, 5) is 16.1. The number of nitrogen functional groups attached to an aromatic ring is 1. The average Bonchev–Trinajstić information content (AvgIpc) is 2.86. The summed E-state index contributed by atoms with van der Waals surface area (Å²) in [6.45, 7) is 1.92. The first-order valence-corrected chi connectivity index (χ1v) is 5.78. The van der Waals surface area contributed by atoms with Gasteiger partial charge in [0.1, 0.15) is 6.54 Å². The van der Waals surface area contributed by atoms with E-state index in [1.807, 2.05) is 19.0 Å². The molecule has 1 aromatic rings. The van der Waals surface area contributed by atoms with Gasteiger partial charge in [0.05, 0.1) is 11.9 Å². The number of likely N-dealkylation sites (N-methyl/N-ethyl adjacent to an activating group) is 1. The molecule has 1 fully saturated rings. The zero-order valence-corrected chi connectivity index (χ0v) is 10.3. The van der Waals surface area contributed by atoms with E-state index in [2.05, 4.69) is 10.00 Å². The molecule has 1 saturated heterocycles. The van der Waals surface area contributed by atoms with Crippen molar-refractivity contribution in [2.75, 3.05) is 32.9 Å². The van der Waals surface area contributed by atoms with Crippen LogP contribution < -0.4 is 5.73 Å². The second-order valence-electron chi connectivity index (χ2n) is 4.72. The predicted molar refractivity (Wildman–Crippen MR) is 65.3 cm³/mol. The number of carbonyl (C=O) groups is 1. The maximum absolute atomic E-state index is 12.0. The molecule has 0 bridgehead atoms. The van der Waals surface area contributed by atoms with Gasteiger partial charge < -0.3 is 15.5 Å². The normalized spacial score (nSPS) is 20.2. The van der Waals surface area contributed by atoms with Crippen molar-refractivity contribution >= 4 is 11.6 Å². The Hall–Kier alpha value is -1.56. The highest BCUT2D eigenvalue weighted by Crippen LogP contribution is 2.13. The standard InChI is InChI=1S/C11H19N5O/c1-14(2)10-3-4-15(7-10)11(17)8-16-6-9(12)5-13-16/h5-6,10H,3-4,7-8,12H2,1-2H3. The number of nitrogens with two attached hydrogens (primary N) is 1. The third-order valence-electron chi connectivity index (χ3n) is 3.20. The Balaban J connectivity index is 1.89. The van der Waals surface area contributed by atoms with Gasteiger partial charge in [-0.3, -0.25) is 9.48 Å². The number of carbonyl (C=O) groups excluding carboxylic acids is 1. The second-order valence-corrected chi connectivity index (χ2v) is 4.72. The van der Waals surface area contributed by atoms with Crippen molar-refractivity contribution in [2.45, 2.75) is 19.0 Å². The third kappa shape index (κ3) is 2.76. The van der Waals surface area contributed by atoms with Gasteiger partial charge in [0.25, 0.3) is 0 Å². The molecule has 0 radical (unpaired) electrons. The Morgan fingerprint density at radius 3 is 2.94 bits per heavy atom. The van der Waals surface area contributed by atoms with E-state index in [0.29, 0.717) is 11.7 Å². The van der Waals surface area contributed by atoms with Gasteiger partial charge in [0.2, 0.25) is 5.91 Å². The van der Waals surface area contributed by atoms with Crippen molar-refractivity contribution in [1.29, 1.82) is 0 Å². The lowest BCUT2D eigenvalue weighted by molar-refractivity contribution is -0.131. The molecule has 1 amide bonds. The van der Waals surface area contributed by atoms with Crippen LogP contribution in [0.4, 0.5) is 5.69 Å². The molecule has 6 nitrogen and oxygen atoms in total. The lowest BCUT2D eigenvalue weighted by Crippen LogP contribution is -2.36. The molecule has 2 N–H and O–H groups in total. The van der Waals surface area contributed by atoms with E-state index in [-0.39, 0.29) is 12.5 Å². The van der Waals surface area contributed by atoms with E-state index in [1.54, 1.807) is 17.1 Å². The van der Waals surface area contributed by atoms with Crippen LogP contribution in [-0.4, -0.2) is 58.7 Å². The number of likely N-dealkylation sites (tertiary alicyclic amines) is 1. The van der Waals surface area contributed by atoms with Gasteiger partial charge in [-0.2, -0.15) is 5.10 Å². The maximum Gasteiger partial charge on any atom is 0.244 e. The van der Waals surface area contributed by atoms with E-state index < -0.39 is 0 Å². The monoisotopic (exact) mass is 237 g/mol. The number of aromatic nitrogens is 2. The second kappa shape index (κ2) is 4.75. The van der Waals surface area contributed by atoms with Crippen LogP contribution in [0.2, 0.25) is 0 Å². The highest BCUT2D eigenvalue weighted by molar-refractivity contribution is 5.76. The molecule has 2 rings (SSSR count). The van der Waals surface area contributed by atoms with Gasteiger partial charge in [-0.05, 0) is 20.5 Å². The number of nitrogens with zero attached hydrogens (tertiary/aromatic N) is 4. The maximum atomic E-state index is 12.0.